The predicted octanol–water partition coefficient (Wildman–Crippen LogP) is 4.05. The Kier molecular flexibility index (Phi) is 3.06. The van der Waals surface area contributed by atoms with Crippen molar-refractivity contribution in [2.24, 2.45) is 5.73 Å². The molecule has 2 aromatic carbocycles. The fourth-order valence-corrected chi connectivity index (χ4v) is 3.08. The van der Waals surface area contributed by atoms with Crippen molar-refractivity contribution in [3.05, 3.63) is 48.0 Å². The summed E-state index contributed by atoms with van der Waals surface area (Å²) in [6, 6.07) is 15.2. The van der Waals surface area contributed by atoms with Crippen molar-refractivity contribution >= 4 is 21.8 Å². The quantitative estimate of drug-likeness (QED) is 0.745. The van der Waals surface area contributed by atoms with Crippen LogP contribution in [0.5, 0.6) is 0 Å². The Morgan fingerprint density at radius 1 is 0.950 bits per heavy atom. The second kappa shape index (κ2) is 4.64. The second-order valence-electron chi connectivity index (χ2n) is 6.41. The lowest BCUT2D eigenvalue weighted by atomic mass is 9.85. The van der Waals surface area contributed by atoms with E-state index in [0.29, 0.717) is 6.54 Å². The lowest BCUT2D eigenvalue weighted by Crippen LogP contribution is -2.15. The van der Waals surface area contributed by atoms with E-state index in [1.54, 1.807) is 0 Å². The van der Waals surface area contributed by atoms with E-state index in [2.05, 4.69) is 67.8 Å². The summed E-state index contributed by atoms with van der Waals surface area (Å²) in [6.45, 7) is 8.33. The highest BCUT2D eigenvalue weighted by Gasteiger charge is 2.21. The number of hydrogen-bond donors (Lipinski definition) is 1. The van der Waals surface area contributed by atoms with Gasteiger partial charge in [-0.25, -0.2) is 0 Å². The molecule has 0 spiro atoms. The number of rotatable bonds is 2. The van der Waals surface area contributed by atoms with Crippen LogP contribution in [0.25, 0.3) is 21.8 Å². The van der Waals surface area contributed by atoms with Crippen LogP contribution < -0.4 is 5.73 Å². The summed E-state index contributed by atoms with van der Waals surface area (Å²) in [5, 5.41) is 2.66. The maximum Gasteiger partial charge on any atom is 0.0529 e. The summed E-state index contributed by atoms with van der Waals surface area (Å²) in [5.41, 5.74) is 9.98. The number of hydrogen-bond acceptors (Lipinski definition) is 1. The van der Waals surface area contributed by atoms with Crippen LogP contribution in [0, 0.1) is 0 Å². The molecule has 0 amide bonds. The summed E-state index contributed by atoms with van der Waals surface area (Å²) in [7, 11) is 0. The molecular weight excluding hydrogens is 244 g/mol. The molecular formula is C18H22N2. The SMILES string of the molecule is CC(C)(C)c1cccc2c3ccccc3n(CCN)c12. The molecule has 20 heavy (non-hydrogen) atoms. The first-order chi connectivity index (χ1) is 9.54. The standard InChI is InChI=1S/C18H22N2/c1-18(2,3)15-9-6-8-14-13-7-4-5-10-16(13)20(12-11-19)17(14)15/h4-10H,11-12,19H2,1-3H3. The van der Waals surface area contributed by atoms with Crippen LogP contribution in [-0.4, -0.2) is 11.1 Å². The summed E-state index contributed by atoms with van der Waals surface area (Å²) in [4.78, 5) is 0. The Hall–Kier alpha value is -1.80. The zero-order valence-electron chi connectivity index (χ0n) is 12.5. The summed E-state index contributed by atoms with van der Waals surface area (Å²) >= 11 is 0. The van der Waals surface area contributed by atoms with Crippen molar-refractivity contribution in [1.82, 2.24) is 4.57 Å². The Labute approximate surface area is 120 Å². The third kappa shape index (κ3) is 1.92. The van der Waals surface area contributed by atoms with E-state index >= 15 is 0 Å². The molecule has 2 N–H and O–H groups in total. The molecule has 0 radical (unpaired) electrons. The molecule has 104 valence electrons. The minimum atomic E-state index is 0.125. The Bertz CT molecular complexity index is 760. The van der Waals surface area contributed by atoms with Crippen molar-refractivity contribution in [2.75, 3.05) is 6.54 Å². The van der Waals surface area contributed by atoms with Crippen molar-refractivity contribution in [1.29, 1.82) is 0 Å². The molecule has 2 heteroatoms. The van der Waals surface area contributed by atoms with E-state index in [9.17, 15) is 0 Å². The molecule has 0 atom stereocenters. The monoisotopic (exact) mass is 266 g/mol. The van der Waals surface area contributed by atoms with Crippen LogP contribution in [0.15, 0.2) is 42.5 Å². The van der Waals surface area contributed by atoms with E-state index in [-0.39, 0.29) is 5.41 Å². The largest absolute Gasteiger partial charge is 0.339 e. The van der Waals surface area contributed by atoms with E-state index in [1.165, 1.54) is 27.4 Å². The second-order valence-corrected chi connectivity index (χ2v) is 6.41. The van der Waals surface area contributed by atoms with Gasteiger partial charge in [0.1, 0.15) is 0 Å². The average molecular weight is 266 g/mol. The highest BCUT2D eigenvalue weighted by atomic mass is 15.0. The van der Waals surface area contributed by atoms with Crippen molar-refractivity contribution in [3.8, 4) is 0 Å². The van der Waals surface area contributed by atoms with Gasteiger partial charge in [0.25, 0.3) is 0 Å². The van der Waals surface area contributed by atoms with Gasteiger partial charge in [0.05, 0.1) is 5.52 Å². The predicted molar refractivity (Wildman–Crippen MR) is 87.2 cm³/mol. The third-order valence-electron chi connectivity index (χ3n) is 3.95. The van der Waals surface area contributed by atoms with Crippen LogP contribution in [0.2, 0.25) is 0 Å². The van der Waals surface area contributed by atoms with Crippen molar-refractivity contribution < 1.29 is 0 Å². The van der Waals surface area contributed by atoms with Gasteiger partial charge >= 0.3 is 0 Å². The van der Waals surface area contributed by atoms with Gasteiger partial charge in [-0.1, -0.05) is 57.2 Å². The number of benzene rings is 2. The summed E-state index contributed by atoms with van der Waals surface area (Å²) in [6.07, 6.45) is 0. The first-order valence-electron chi connectivity index (χ1n) is 7.24. The molecule has 2 nitrogen and oxygen atoms in total. The van der Waals surface area contributed by atoms with E-state index in [1.807, 2.05) is 0 Å². The topological polar surface area (TPSA) is 30.9 Å². The van der Waals surface area contributed by atoms with Gasteiger partial charge in [0.2, 0.25) is 0 Å². The van der Waals surface area contributed by atoms with E-state index in [4.69, 9.17) is 5.73 Å². The number of fused-ring (bicyclic) bond motifs is 3. The van der Waals surface area contributed by atoms with E-state index < -0.39 is 0 Å². The third-order valence-corrected chi connectivity index (χ3v) is 3.95. The molecule has 0 unspecified atom stereocenters. The number of aromatic nitrogens is 1. The lowest BCUT2D eigenvalue weighted by Gasteiger charge is -2.22. The highest BCUT2D eigenvalue weighted by Crippen LogP contribution is 2.36. The Morgan fingerprint density at radius 2 is 1.65 bits per heavy atom. The molecule has 0 fully saturated rings. The zero-order chi connectivity index (χ0) is 14.3. The van der Waals surface area contributed by atoms with Gasteiger partial charge in [-0.3, -0.25) is 0 Å². The average Bonchev–Trinajstić information content (AvgIpc) is 2.73. The molecule has 1 aromatic heterocycles. The van der Waals surface area contributed by atoms with Crippen LogP contribution in [0.3, 0.4) is 0 Å². The number of nitrogens with zero attached hydrogens (tertiary/aromatic N) is 1. The lowest BCUT2D eigenvalue weighted by molar-refractivity contribution is 0.590. The summed E-state index contributed by atoms with van der Waals surface area (Å²) < 4.78 is 2.38. The molecule has 0 aliphatic rings. The van der Waals surface area contributed by atoms with Crippen LogP contribution >= 0.6 is 0 Å². The molecule has 1 heterocycles. The van der Waals surface area contributed by atoms with Gasteiger partial charge in [-0.2, -0.15) is 0 Å². The van der Waals surface area contributed by atoms with Gasteiger partial charge < -0.3 is 10.3 Å². The van der Waals surface area contributed by atoms with Crippen LogP contribution in [0.4, 0.5) is 0 Å². The molecule has 0 aliphatic carbocycles. The normalized spacial score (nSPS) is 12.4. The van der Waals surface area contributed by atoms with Crippen molar-refractivity contribution in [2.45, 2.75) is 32.7 Å². The fraction of sp³-hybridized carbons (Fsp3) is 0.333. The molecule has 3 aromatic rings. The smallest absolute Gasteiger partial charge is 0.0529 e. The summed E-state index contributed by atoms with van der Waals surface area (Å²) in [5.74, 6) is 0. The molecule has 0 aliphatic heterocycles. The molecule has 0 saturated heterocycles. The van der Waals surface area contributed by atoms with E-state index in [0.717, 1.165) is 6.54 Å². The van der Waals surface area contributed by atoms with Crippen LogP contribution in [0.1, 0.15) is 26.3 Å². The Morgan fingerprint density at radius 3 is 2.35 bits per heavy atom. The first-order valence-corrected chi connectivity index (χ1v) is 7.24. The van der Waals surface area contributed by atoms with Crippen molar-refractivity contribution in [3.63, 3.8) is 0 Å². The minimum Gasteiger partial charge on any atom is -0.339 e. The molecule has 0 saturated carbocycles. The zero-order valence-corrected chi connectivity index (χ0v) is 12.5. The highest BCUT2D eigenvalue weighted by molar-refractivity contribution is 6.09. The Balaban J connectivity index is 2.50. The number of para-hydroxylation sites is 2. The maximum absolute atomic E-state index is 5.84. The van der Waals surface area contributed by atoms with Crippen LogP contribution in [-0.2, 0) is 12.0 Å². The van der Waals surface area contributed by atoms with Gasteiger partial charge in [0, 0.05) is 29.4 Å². The van der Waals surface area contributed by atoms with Gasteiger partial charge in [-0.15, -0.1) is 0 Å². The van der Waals surface area contributed by atoms with Gasteiger partial charge in [0.15, 0.2) is 0 Å². The maximum atomic E-state index is 5.84. The number of nitrogens with two attached hydrogens (primary N) is 1. The molecule has 0 bridgehead atoms. The van der Waals surface area contributed by atoms with Gasteiger partial charge in [-0.05, 0) is 17.0 Å². The minimum absolute atomic E-state index is 0.125. The molecule has 3 rings (SSSR count). The fourth-order valence-electron chi connectivity index (χ4n) is 3.08. The first kappa shape index (κ1) is 13.2.